The molecule has 0 heterocycles. The lowest BCUT2D eigenvalue weighted by molar-refractivity contribution is -0.140. The Morgan fingerprint density at radius 1 is 1.16 bits per heavy atom. The number of halogens is 1. The summed E-state index contributed by atoms with van der Waals surface area (Å²) in [4.78, 5) is 29.0. The fourth-order valence-electron chi connectivity index (χ4n) is 4.07. The first-order valence-corrected chi connectivity index (χ1v) is 12.8. The predicted molar refractivity (Wildman–Crippen MR) is 133 cm³/mol. The normalized spacial score (nSPS) is 14.8. The Bertz CT molecular complexity index is 897. The van der Waals surface area contributed by atoms with Crippen LogP contribution in [0.4, 0.5) is 0 Å². The molecule has 0 aromatic heterocycles. The highest BCUT2D eigenvalue weighted by Crippen LogP contribution is 2.22. The SMILES string of the molecule is Cc1cccc(CN(C(=O)CCCSc2ccc(Cl)cc2)[C@@H](C)C(=O)NC2CCCC2)c1. The van der Waals surface area contributed by atoms with Crippen LogP contribution in [0.5, 0.6) is 0 Å². The third-order valence-corrected chi connectivity index (χ3v) is 7.27. The second-order valence-corrected chi connectivity index (χ2v) is 10.2. The van der Waals surface area contributed by atoms with Gasteiger partial charge in [0.05, 0.1) is 0 Å². The molecule has 0 radical (unpaired) electrons. The van der Waals surface area contributed by atoms with Crippen molar-refractivity contribution in [2.24, 2.45) is 0 Å². The Kier molecular flexibility index (Phi) is 9.49. The van der Waals surface area contributed by atoms with E-state index in [4.69, 9.17) is 11.6 Å². The van der Waals surface area contributed by atoms with Gasteiger partial charge in [-0.3, -0.25) is 9.59 Å². The molecule has 172 valence electrons. The molecule has 0 bridgehead atoms. The molecular weight excluding hydrogens is 440 g/mol. The van der Waals surface area contributed by atoms with Crippen LogP contribution in [0, 0.1) is 6.92 Å². The van der Waals surface area contributed by atoms with Crippen molar-refractivity contribution in [3.05, 3.63) is 64.7 Å². The van der Waals surface area contributed by atoms with Gasteiger partial charge >= 0.3 is 0 Å². The lowest BCUT2D eigenvalue weighted by Crippen LogP contribution is -2.49. The van der Waals surface area contributed by atoms with Gasteiger partial charge in [0.2, 0.25) is 11.8 Å². The Hall–Kier alpha value is -1.98. The van der Waals surface area contributed by atoms with Gasteiger partial charge in [-0.1, -0.05) is 54.3 Å². The summed E-state index contributed by atoms with van der Waals surface area (Å²) in [5.41, 5.74) is 2.20. The molecule has 3 rings (SSSR count). The average Bonchev–Trinajstić information content (AvgIpc) is 3.28. The molecule has 1 N–H and O–H groups in total. The Morgan fingerprint density at radius 3 is 2.56 bits per heavy atom. The van der Waals surface area contributed by atoms with E-state index in [2.05, 4.69) is 11.4 Å². The number of rotatable bonds is 10. The number of nitrogens with one attached hydrogen (secondary N) is 1. The zero-order valence-corrected chi connectivity index (χ0v) is 20.6. The van der Waals surface area contributed by atoms with Crippen molar-refractivity contribution in [2.45, 2.75) is 75.9 Å². The van der Waals surface area contributed by atoms with Crippen molar-refractivity contribution >= 4 is 35.2 Å². The first-order valence-electron chi connectivity index (χ1n) is 11.5. The quantitative estimate of drug-likeness (QED) is 0.341. The van der Waals surface area contributed by atoms with Gasteiger partial charge in [-0.2, -0.15) is 0 Å². The summed E-state index contributed by atoms with van der Waals surface area (Å²) >= 11 is 7.66. The number of carbonyl (C=O) groups excluding carboxylic acids is 2. The Labute approximate surface area is 201 Å². The molecule has 32 heavy (non-hydrogen) atoms. The minimum absolute atomic E-state index is 0.0253. The second-order valence-electron chi connectivity index (χ2n) is 8.58. The van der Waals surface area contributed by atoms with E-state index in [9.17, 15) is 9.59 Å². The fourth-order valence-corrected chi connectivity index (χ4v) is 5.05. The standard InChI is InChI=1S/C26H33ClN2O2S/c1-19-7-5-8-21(17-19)18-29(20(2)26(31)28-23-9-3-4-10-23)25(30)11-6-16-32-24-14-12-22(27)13-15-24/h5,7-8,12-15,17,20,23H,3-4,6,9-11,16,18H2,1-2H3,(H,28,31)/t20-/m0/s1. The van der Waals surface area contributed by atoms with Gasteiger partial charge in [0.25, 0.3) is 0 Å². The van der Waals surface area contributed by atoms with Crippen molar-refractivity contribution in [2.75, 3.05) is 5.75 Å². The molecule has 0 aliphatic heterocycles. The van der Waals surface area contributed by atoms with E-state index in [0.29, 0.717) is 13.0 Å². The van der Waals surface area contributed by atoms with Crippen molar-refractivity contribution in [1.82, 2.24) is 10.2 Å². The molecule has 0 unspecified atom stereocenters. The van der Waals surface area contributed by atoms with E-state index in [0.717, 1.165) is 58.9 Å². The van der Waals surface area contributed by atoms with Gasteiger partial charge < -0.3 is 10.2 Å². The van der Waals surface area contributed by atoms with Crippen LogP contribution in [-0.4, -0.2) is 34.6 Å². The number of hydrogen-bond donors (Lipinski definition) is 1. The molecule has 2 aromatic rings. The van der Waals surface area contributed by atoms with Gasteiger partial charge in [0.1, 0.15) is 6.04 Å². The van der Waals surface area contributed by atoms with Crippen LogP contribution in [0.2, 0.25) is 5.02 Å². The van der Waals surface area contributed by atoms with E-state index in [1.54, 1.807) is 16.7 Å². The Morgan fingerprint density at radius 2 is 1.88 bits per heavy atom. The number of thioether (sulfide) groups is 1. The van der Waals surface area contributed by atoms with Crippen molar-refractivity contribution in [1.29, 1.82) is 0 Å². The summed E-state index contributed by atoms with van der Waals surface area (Å²) < 4.78 is 0. The number of hydrogen-bond acceptors (Lipinski definition) is 3. The van der Waals surface area contributed by atoms with Crippen LogP contribution in [0.15, 0.2) is 53.4 Å². The summed E-state index contributed by atoms with van der Waals surface area (Å²) in [7, 11) is 0. The maximum Gasteiger partial charge on any atom is 0.242 e. The van der Waals surface area contributed by atoms with E-state index < -0.39 is 6.04 Å². The fraction of sp³-hybridized carbons (Fsp3) is 0.462. The first kappa shape index (κ1) is 24.7. The van der Waals surface area contributed by atoms with Crippen LogP contribution in [0.1, 0.15) is 56.6 Å². The molecule has 6 heteroatoms. The summed E-state index contributed by atoms with van der Waals surface area (Å²) in [6.45, 7) is 4.34. The Balaban J connectivity index is 1.59. The van der Waals surface area contributed by atoms with Gasteiger partial charge in [-0.15, -0.1) is 11.8 Å². The molecule has 1 saturated carbocycles. The largest absolute Gasteiger partial charge is 0.352 e. The summed E-state index contributed by atoms with van der Waals surface area (Å²) in [6, 6.07) is 15.6. The second kappa shape index (κ2) is 12.3. The monoisotopic (exact) mass is 472 g/mol. The average molecular weight is 473 g/mol. The van der Waals surface area contributed by atoms with Crippen molar-refractivity contribution in [3.8, 4) is 0 Å². The zero-order valence-electron chi connectivity index (χ0n) is 19.0. The lowest BCUT2D eigenvalue weighted by Gasteiger charge is -2.30. The smallest absolute Gasteiger partial charge is 0.242 e. The van der Waals surface area contributed by atoms with Gasteiger partial charge in [-0.05, 0) is 68.7 Å². The lowest BCUT2D eigenvalue weighted by atomic mass is 10.1. The molecule has 0 saturated heterocycles. The van der Waals surface area contributed by atoms with Gasteiger partial charge in [0, 0.05) is 28.9 Å². The molecule has 1 fully saturated rings. The number of nitrogens with zero attached hydrogens (tertiary/aromatic N) is 1. The highest BCUT2D eigenvalue weighted by molar-refractivity contribution is 7.99. The molecular formula is C26H33ClN2O2S. The third kappa shape index (κ3) is 7.56. The molecule has 0 spiro atoms. The van der Waals surface area contributed by atoms with E-state index >= 15 is 0 Å². The molecule has 2 amide bonds. The third-order valence-electron chi connectivity index (χ3n) is 5.92. The number of aryl methyl sites for hydroxylation is 1. The molecule has 2 aromatic carbocycles. The summed E-state index contributed by atoms with van der Waals surface area (Å²) in [5, 5.41) is 3.88. The van der Waals surface area contributed by atoms with Crippen LogP contribution in [-0.2, 0) is 16.1 Å². The van der Waals surface area contributed by atoms with E-state index in [1.807, 2.05) is 56.3 Å². The van der Waals surface area contributed by atoms with Crippen LogP contribution in [0.25, 0.3) is 0 Å². The van der Waals surface area contributed by atoms with Gasteiger partial charge in [0.15, 0.2) is 0 Å². The highest BCUT2D eigenvalue weighted by Gasteiger charge is 2.28. The summed E-state index contributed by atoms with van der Waals surface area (Å²) in [5.74, 6) is 0.819. The predicted octanol–water partition coefficient (Wildman–Crippen LogP) is 6.00. The van der Waals surface area contributed by atoms with Crippen LogP contribution >= 0.6 is 23.4 Å². The molecule has 1 aliphatic rings. The first-order chi connectivity index (χ1) is 15.4. The maximum absolute atomic E-state index is 13.2. The van der Waals surface area contributed by atoms with E-state index in [1.165, 1.54) is 0 Å². The highest BCUT2D eigenvalue weighted by atomic mass is 35.5. The van der Waals surface area contributed by atoms with Crippen LogP contribution in [0.3, 0.4) is 0 Å². The van der Waals surface area contributed by atoms with Crippen molar-refractivity contribution < 1.29 is 9.59 Å². The topological polar surface area (TPSA) is 49.4 Å². The van der Waals surface area contributed by atoms with Gasteiger partial charge in [-0.25, -0.2) is 0 Å². The van der Waals surface area contributed by atoms with E-state index in [-0.39, 0.29) is 17.9 Å². The molecule has 1 aliphatic carbocycles. The minimum atomic E-state index is -0.493. The number of carbonyl (C=O) groups is 2. The zero-order chi connectivity index (χ0) is 22.9. The summed E-state index contributed by atoms with van der Waals surface area (Å²) in [6.07, 6.45) is 5.58. The number of amides is 2. The van der Waals surface area contributed by atoms with Crippen LogP contribution < -0.4 is 5.32 Å². The molecule has 1 atom stereocenters. The maximum atomic E-state index is 13.2. The molecule has 4 nitrogen and oxygen atoms in total. The van der Waals surface area contributed by atoms with Crippen molar-refractivity contribution in [3.63, 3.8) is 0 Å². The minimum Gasteiger partial charge on any atom is -0.352 e. The number of benzene rings is 2.